The molecule has 3 rings (SSSR count). The number of nitrogens with one attached hydrogen (secondary N) is 1. The number of carbonyl (C=O) groups excluding carboxylic acids is 2. The zero-order chi connectivity index (χ0) is 20.5. The van der Waals surface area contributed by atoms with Crippen LogP contribution in [-0.2, 0) is 27.4 Å². The minimum Gasteiger partial charge on any atom is -0.489 e. The van der Waals surface area contributed by atoms with E-state index in [4.69, 9.17) is 9.47 Å². The predicted molar refractivity (Wildman–Crippen MR) is 111 cm³/mol. The van der Waals surface area contributed by atoms with Crippen LogP contribution in [0.3, 0.4) is 0 Å². The molecule has 0 spiro atoms. The molecule has 1 fully saturated rings. The van der Waals surface area contributed by atoms with Crippen LogP contribution in [0.1, 0.15) is 43.2 Å². The van der Waals surface area contributed by atoms with Gasteiger partial charge in [-0.25, -0.2) is 4.79 Å². The first-order valence-electron chi connectivity index (χ1n) is 10.3. The smallest absolute Gasteiger partial charge is 0.328 e. The maximum absolute atomic E-state index is 12.4. The average molecular weight is 395 g/mol. The Morgan fingerprint density at radius 1 is 1.03 bits per heavy atom. The van der Waals surface area contributed by atoms with Crippen molar-refractivity contribution in [3.63, 3.8) is 0 Å². The Morgan fingerprint density at radius 3 is 2.48 bits per heavy atom. The van der Waals surface area contributed by atoms with Crippen LogP contribution >= 0.6 is 0 Å². The number of rotatable bonds is 9. The number of carbonyl (C=O) groups is 2. The van der Waals surface area contributed by atoms with Gasteiger partial charge in [0.25, 0.3) is 0 Å². The third-order valence-electron chi connectivity index (χ3n) is 5.36. The van der Waals surface area contributed by atoms with Crippen LogP contribution in [0.25, 0.3) is 0 Å². The molecule has 5 heteroatoms. The third kappa shape index (κ3) is 6.63. The lowest BCUT2D eigenvalue weighted by Gasteiger charge is -2.18. The molecule has 0 aliphatic heterocycles. The number of hydrogen-bond acceptors (Lipinski definition) is 4. The molecule has 0 bridgehead atoms. The van der Waals surface area contributed by atoms with Gasteiger partial charge in [-0.05, 0) is 42.0 Å². The highest BCUT2D eigenvalue weighted by molar-refractivity contribution is 5.84. The number of hydrogen-bond donors (Lipinski definition) is 1. The summed E-state index contributed by atoms with van der Waals surface area (Å²) < 4.78 is 10.8. The first kappa shape index (κ1) is 20.9. The molecule has 2 aromatic carbocycles. The summed E-state index contributed by atoms with van der Waals surface area (Å²) >= 11 is 0. The zero-order valence-corrected chi connectivity index (χ0v) is 16.9. The Kier molecular flexibility index (Phi) is 7.68. The van der Waals surface area contributed by atoms with Crippen molar-refractivity contribution in [2.45, 2.75) is 51.2 Å². The number of esters is 1. The van der Waals surface area contributed by atoms with Crippen LogP contribution in [-0.4, -0.2) is 25.0 Å². The van der Waals surface area contributed by atoms with Gasteiger partial charge in [-0.3, -0.25) is 4.79 Å². The largest absolute Gasteiger partial charge is 0.489 e. The van der Waals surface area contributed by atoms with E-state index in [9.17, 15) is 9.59 Å². The third-order valence-corrected chi connectivity index (χ3v) is 5.36. The SMILES string of the molecule is COC(=O)[C@H](Cc1cccc(OCc2ccccc2)c1)NC(=O)CC1CCCC1. The van der Waals surface area contributed by atoms with Crippen molar-refractivity contribution in [2.24, 2.45) is 5.92 Å². The second kappa shape index (κ2) is 10.6. The second-order valence-electron chi connectivity index (χ2n) is 7.62. The van der Waals surface area contributed by atoms with E-state index in [0.29, 0.717) is 25.4 Å². The van der Waals surface area contributed by atoms with Gasteiger partial charge in [0.15, 0.2) is 0 Å². The van der Waals surface area contributed by atoms with E-state index in [-0.39, 0.29) is 5.91 Å². The summed E-state index contributed by atoms with van der Waals surface area (Å²) in [5, 5.41) is 2.87. The molecule has 29 heavy (non-hydrogen) atoms. The minimum atomic E-state index is -0.696. The Balaban J connectivity index is 1.59. The zero-order valence-electron chi connectivity index (χ0n) is 16.9. The normalized spacial score (nSPS) is 14.9. The van der Waals surface area contributed by atoms with Crippen LogP contribution in [0.5, 0.6) is 5.75 Å². The van der Waals surface area contributed by atoms with Crippen molar-refractivity contribution >= 4 is 11.9 Å². The van der Waals surface area contributed by atoms with E-state index in [0.717, 1.165) is 29.7 Å². The maximum Gasteiger partial charge on any atom is 0.328 e. The van der Waals surface area contributed by atoms with Gasteiger partial charge in [-0.15, -0.1) is 0 Å². The molecule has 1 amide bonds. The monoisotopic (exact) mass is 395 g/mol. The molecule has 154 valence electrons. The van der Waals surface area contributed by atoms with Crippen LogP contribution in [0, 0.1) is 5.92 Å². The molecule has 1 aliphatic carbocycles. The lowest BCUT2D eigenvalue weighted by molar-refractivity contribution is -0.145. The summed E-state index contributed by atoms with van der Waals surface area (Å²) in [6.45, 7) is 0.475. The molecule has 1 N–H and O–H groups in total. The first-order valence-corrected chi connectivity index (χ1v) is 10.3. The van der Waals surface area contributed by atoms with E-state index in [1.165, 1.54) is 20.0 Å². The fourth-order valence-electron chi connectivity index (χ4n) is 3.80. The highest BCUT2D eigenvalue weighted by Gasteiger charge is 2.25. The summed E-state index contributed by atoms with van der Waals surface area (Å²) in [6.07, 6.45) is 5.41. The molecule has 0 aromatic heterocycles. The topological polar surface area (TPSA) is 64.6 Å². The van der Waals surface area contributed by atoms with Gasteiger partial charge < -0.3 is 14.8 Å². The fourth-order valence-corrected chi connectivity index (χ4v) is 3.80. The lowest BCUT2D eigenvalue weighted by atomic mass is 10.0. The molecule has 1 atom stereocenters. The van der Waals surface area contributed by atoms with Gasteiger partial charge in [-0.2, -0.15) is 0 Å². The molecule has 0 unspecified atom stereocenters. The minimum absolute atomic E-state index is 0.0798. The van der Waals surface area contributed by atoms with E-state index in [1.54, 1.807) is 0 Å². The van der Waals surface area contributed by atoms with E-state index in [1.807, 2.05) is 54.6 Å². The van der Waals surface area contributed by atoms with Gasteiger partial charge in [0.1, 0.15) is 18.4 Å². The Hall–Kier alpha value is -2.82. The lowest BCUT2D eigenvalue weighted by Crippen LogP contribution is -2.43. The standard InChI is InChI=1S/C24H29NO4/c1-28-24(27)22(25-23(26)16-18-8-5-6-9-18)15-20-12-7-13-21(14-20)29-17-19-10-3-2-4-11-19/h2-4,7,10-14,18,22H,5-6,8-9,15-17H2,1H3,(H,25,26)/t22-/m0/s1. The van der Waals surface area contributed by atoms with Crippen molar-refractivity contribution in [1.29, 1.82) is 0 Å². The highest BCUT2D eigenvalue weighted by atomic mass is 16.5. The van der Waals surface area contributed by atoms with E-state index >= 15 is 0 Å². The van der Waals surface area contributed by atoms with Gasteiger partial charge in [0, 0.05) is 12.8 Å². The van der Waals surface area contributed by atoms with Gasteiger partial charge in [0.2, 0.25) is 5.91 Å². The van der Waals surface area contributed by atoms with Crippen molar-refractivity contribution in [2.75, 3.05) is 7.11 Å². The second-order valence-corrected chi connectivity index (χ2v) is 7.62. The van der Waals surface area contributed by atoms with Crippen LogP contribution in [0.15, 0.2) is 54.6 Å². The predicted octanol–water partition coefficient (Wildman–Crippen LogP) is 4.05. The quantitative estimate of drug-likeness (QED) is 0.651. The van der Waals surface area contributed by atoms with Crippen molar-refractivity contribution in [3.05, 3.63) is 65.7 Å². The average Bonchev–Trinajstić information content (AvgIpc) is 3.25. The maximum atomic E-state index is 12.4. The molecule has 0 heterocycles. The summed E-state index contributed by atoms with van der Waals surface area (Å²) in [5.41, 5.74) is 2.00. The molecular weight excluding hydrogens is 366 g/mol. The Morgan fingerprint density at radius 2 is 1.76 bits per heavy atom. The summed E-state index contributed by atoms with van der Waals surface area (Å²) in [6, 6.07) is 16.9. The van der Waals surface area contributed by atoms with Crippen LogP contribution in [0.4, 0.5) is 0 Å². The molecule has 0 radical (unpaired) electrons. The van der Waals surface area contributed by atoms with Gasteiger partial charge >= 0.3 is 5.97 Å². The van der Waals surface area contributed by atoms with Crippen LogP contribution < -0.4 is 10.1 Å². The molecule has 5 nitrogen and oxygen atoms in total. The van der Waals surface area contributed by atoms with Crippen molar-refractivity contribution < 1.29 is 19.1 Å². The van der Waals surface area contributed by atoms with Crippen LogP contribution in [0.2, 0.25) is 0 Å². The number of benzene rings is 2. The highest BCUT2D eigenvalue weighted by Crippen LogP contribution is 2.27. The summed E-state index contributed by atoms with van der Waals surface area (Å²) in [7, 11) is 1.35. The molecular formula is C24H29NO4. The van der Waals surface area contributed by atoms with Crippen molar-refractivity contribution in [1.82, 2.24) is 5.32 Å². The molecule has 2 aromatic rings. The molecule has 1 aliphatic rings. The van der Waals surface area contributed by atoms with Gasteiger partial charge in [0.05, 0.1) is 7.11 Å². The van der Waals surface area contributed by atoms with Crippen molar-refractivity contribution in [3.8, 4) is 5.75 Å². The fraction of sp³-hybridized carbons (Fsp3) is 0.417. The first-order chi connectivity index (χ1) is 14.1. The van der Waals surface area contributed by atoms with E-state index in [2.05, 4.69) is 5.32 Å². The number of amides is 1. The summed E-state index contributed by atoms with van der Waals surface area (Å²) in [4.78, 5) is 24.6. The molecule has 1 saturated carbocycles. The Bertz CT molecular complexity index is 800. The number of ether oxygens (including phenoxy) is 2. The number of methoxy groups -OCH3 is 1. The van der Waals surface area contributed by atoms with Gasteiger partial charge in [-0.1, -0.05) is 55.3 Å². The Labute approximate surface area is 172 Å². The summed E-state index contributed by atoms with van der Waals surface area (Å²) in [5.74, 6) is 0.652. The van der Waals surface area contributed by atoms with E-state index < -0.39 is 12.0 Å². The molecule has 0 saturated heterocycles.